The van der Waals surface area contributed by atoms with Crippen molar-refractivity contribution in [3.8, 4) is 0 Å². The Bertz CT molecular complexity index is 437. The molecule has 0 spiro atoms. The van der Waals surface area contributed by atoms with Gasteiger partial charge in [0, 0.05) is 12.0 Å². The highest BCUT2D eigenvalue weighted by molar-refractivity contribution is 6.05. The third-order valence-electron chi connectivity index (χ3n) is 3.48. The van der Waals surface area contributed by atoms with Crippen LogP contribution < -0.4 is 0 Å². The molecule has 19 heavy (non-hydrogen) atoms. The molecule has 1 rings (SSSR count). The van der Waals surface area contributed by atoms with E-state index in [2.05, 4.69) is 13.8 Å². The molecule has 1 atom stereocenters. The van der Waals surface area contributed by atoms with Gasteiger partial charge in [-0.15, -0.1) is 0 Å². The van der Waals surface area contributed by atoms with Crippen LogP contribution in [0.5, 0.6) is 0 Å². The quantitative estimate of drug-likeness (QED) is 0.715. The highest BCUT2D eigenvalue weighted by Crippen LogP contribution is 2.21. The standard InChI is InChI=1S/C16H22O3/c1-3-5-8-12(4-2)11-15(17)13-9-6-7-10-14(13)16(18)19/h6-7,9-10,12H,3-5,8,11H2,1-2H3,(H,18,19). The molecule has 104 valence electrons. The van der Waals surface area contributed by atoms with Gasteiger partial charge in [-0.25, -0.2) is 4.79 Å². The third-order valence-corrected chi connectivity index (χ3v) is 3.48. The van der Waals surface area contributed by atoms with Gasteiger partial charge in [-0.05, 0) is 12.0 Å². The second kappa shape index (κ2) is 7.72. The summed E-state index contributed by atoms with van der Waals surface area (Å²) in [6.45, 7) is 4.21. The molecule has 1 N–H and O–H groups in total. The maximum atomic E-state index is 12.2. The summed E-state index contributed by atoms with van der Waals surface area (Å²) in [5.41, 5.74) is 0.447. The van der Waals surface area contributed by atoms with Gasteiger partial charge in [0.15, 0.2) is 5.78 Å². The van der Waals surface area contributed by atoms with Crippen LogP contribution in [-0.2, 0) is 0 Å². The highest BCUT2D eigenvalue weighted by Gasteiger charge is 2.18. The Morgan fingerprint density at radius 2 is 1.79 bits per heavy atom. The van der Waals surface area contributed by atoms with Gasteiger partial charge < -0.3 is 5.11 Å². The van der Waals surface area contributed by atoms with Gasteiger partial charge in [0.2, 0.25) is 0 Å². The van der Waals surface area contributed by atoms with Crippen LogP contribution in [0.4, 0.5) is 0 Å². The van der Waals surface area contributed by atoms with Gasteiger partial charge in [-0.3, -0.25) is 4.79 Å². The molecular formula is C16H22O3. The predicted octanol–water partition coefficient (Wildman–Crippen LogP) is 4.17. The van der Waals surface area contributed by atoms with E-state index < -0.39 is 5.97 Å². The molecule has 0 heterocycles. The number of ketones is 1. The van der Waals surface area contributed by atoms with E-state index in [4.69, 9.17) is 5.11 Å². The van der Waals surface area contributed by atoms with E-state index in [1.807, 2.05) is 0 Å². The van der Waals surface area contributed by atoms with E-state index in [1.165, 1.54) is 6.07 Å². The minimum Gasteiger partial charge on any atom is -0.478 e. The van der Waals surface area contributed by atoms with Crippen molar-refractivity contribution in [1.29, 1.82) is 0 Å². The van der Waals surface area contributed by atoms with Crippen molar-refractivity contribution in [1.82, 2.24) is 0 Å². The fourth-order valence-electron chi connectivity index (χ4n) is 2.23. The van der Waals surface area contributed by atoms with Crippen LogP contribution in [0, 0.1) is 5.92 Å². The highest BCUT2D eigenvalue weighted by atomic mass is 16.4. The van der Waals surface area contributed by atoms with E-state index in [9.17, 15) is 9.59 Å². The summed E-state index contributed by atoms with van der Waals surface area (Å²) in [5, 5.41) is 9.10. The molecule has 1 aromatic rings. The van der Waals surface area contributed by atoms with Crippen LogP contribution in [0.1, 0.15) is 66.7 Å². The molecule has 0 radical (unpaired) electrons. The first-order valence-electron chi connectivity index (χ1n) is 6.95. The minimum absolute atomic E-state index is 0.0547. The number of carbonyl (C=O) groups is 2. The molecule has 0 saturated carbocycles. The number of carboxylic acids is 1. The molecule has 0 aliphatic heterocycles. The molecular weight excluding hydrogens is 240 g/mol. The largest absolute Gasteiger partial charge is 0.478 e. The maximum Gasteiger partial charge on any atom is 0.336 e. The minimum atomic E-state index is -1.04. The van der Waals surface area contributed by atoms with Crippen molar-refractivity contribution in [2.75, 3.05) is 0 Å². The lowest BCUT2D eigenvalue weighted by Crippen LogP contribution is -2.12. The van der Waals surface area contributed by atoms with Crippen LogP contribution in [0.3, 0.4) is 0 Å². The van der Waals surface area contributed by atoms with Crippen molar-refractivity contribution in [2.45, 2.75) is 46.0 Å². The lowest BCUT2D eigenvalue weighted by atomic mass is 9.90. The lowest BCUT2D eigenvalue weighted by molar-refractivity contribution is 0.0691. The molecule has 0 aromatic heterocycles. The number of benzene rings is 1. The number of Topliss-reactive ketones (excluding diaryl/α,β-unsaturated/α-hetero) is 1. The molecule has 1 unspecified atom stereocenters. The molecule has 0 aliphatic rings. The van der Waals surface area contributed by atoms with Crippen LogP contribution in [0.2, 0.25) is 0 Å². The van der Waals surface area contributed by atoms with E-state index in [0.29, 0.717) is 17.9 Å². The van der Waals surface area contributed by atoms with Gasteiger partial charge in [0.05, 0.1) is 5.56 Å². The molecule has 3 nitrogen and oxygen atoms in total. The van der Waals surface area contributed by atoms with E-state index in [1.54, 1.807) is 18.2 Å². The smallest absolute Gasteiger partial charge is 0.336 e. The number of carbonyl (C=O) groups excluding carboxylic acids is 1. The summed E-state index contributed by atoms with van der Waals surface area (Å²) in [6.07, 6.45) is 4.68. The van der Waals surface area contributed by atoms with Gasteiger partial charge in [-0.1, -0.05) is 57.7 Å². The average Bonchev–Trinajstić information content (AvgIpc) is 2.43. The Kier molecular flexibility index (Phi) is 6.26. The summed E-state index contributed by atoms with van der Waals surface area (Å²) in [6, 6.07) is 6.46. The summed E-state index contributed by atoms with van der Waals surface area (Å²) < 4.78 is 0. The number of hydrogen-bond acceptors (Lipinski definition) is 2. The fourth-order valence-corrected chi connectivity index (χ4v) is 2.23. The first-order valence-corrected chi connectivity index (χ1v) is 6.95. The Balaban J connectivity index is 2.80. The summed E-state index contributed by atoms with van der Waals surface area (Å²) in [5.74, 6) is -0.735. The zero-order valence-electron chi connectivity index (χ0n) is 11.7. The molecule has 3 heteroatoms. The molecule has 0 bridgehead atoms. The van der Waals surface area contributed by atoms with Crippen molar-refractivity contribution in [3.05, 3.63) is 35.4 Å². The van der Waals surface area contributed by atoms with E-state index in [-0.39, 0.29) is 11.3 Å². The summed E-state index contributed by atoms with van der Waals surface area (Å²) in [7, 11) is 0. The van der Waals surface area contributed by atoms with Gasteiger partial charge >= 0.3 is 5.97 Å². The molecule has 0 aliphatic carbocycles. The zero-order valence-corrected chi connectivity index (χ0v) is 11.7. The third kappa shape index (κ3) is 4.51. The molecule has 1 aromatic carbocycles. The Morgan fingerprint density at radius 1 is 1.16 bits per heavy atom. The monoisotopic (exact) mass is 262 g/mol. The number of aromatic carboxylic acids is 1. The molecule has 0 fully saturated rings. The Labute approximate surface area is 114 Å². The number of rotatable bonds is 8. The first kappa shape index (κ1) is 15.4. The topological polar surface area (TPSA) is 54.4 Å². The zero-order chi connectivity index (χ0) is 14.3. The van der Waals surface area contributed by atoms with Crippen molar-refractivity contribution < 1.29 is 14.7 Å². The second-order valence-corrected chi connectivity index (χ2v) is 4.89. The number of carboxylic acid groups (broad SMARTS) is 1. The van der Waals surface area contributed by atoms with Crippen molar-refractivity contribution >= 4 is 11.8 Å². The molecule has 0 amide bonds. The predicted molar refractivity (Wildman–Crippen MR) is 75.7 cm³/mol. The summed E-state index contributed by atoms with van der Waals surface area (Å²) >= 11 is 0. The summed E-state index contributed by atoms with van der Waals surface area (Å²) in [4.78, 5) is 23.3. The van der Waals surface area contributed by atoms with Crippen molar-refractivity contribution in [2.24, 2.45) is 5.92 Å². The van der Waals surface area contributed by atoms with Gasteiger partial charge in [0.25, 0.3) is 0 Å². The van der Waals surface area contributed by atoms with Crippen LogP contribution in [-0.4, -0.2) is 16.9 Å². The van der Waals surface area contributed by atoms with Crippen LogP contribution >= 0.6 is 0 Å². The van der Waals surface area contributed by atoms with E-state index >= 15 is 0 Å². The lowest BCUT2D eigenvalue weighted by Gasteiger charge is -2.14. The SMILES string of the molecule is CCCCC(CC)CC(=O)c1ccccc1C(=O)O. The van der Waals surface area contributed by atoms with Crippen LogP contribution in [0.15, 0.2) is 24.3 Å². The fraction of sp³-hybridized carbons (Fsp3) is 0.500. The Hall–Kier alpha value is -1.64. The van der Waals surface area contributed by atoms with Gasteiger partial charge in [-0.2, -0.15) is 0 Å². The van der Waals surface area contributed by atoms with Gasteiger partial charge in [0.1, 0.15) is 0 Å². The second-order valence-electron chi connectivity index (χ2n) is 4.89. The molecule has 0 saturated heterocycles. The van der Waals surface area contributed by atoms with Crippen LogP contribution in [0.25, 0.3) is 0 Å². The van der Waals surface area contributed by atoms with Crippen molar-refractivity contribution in [3.63, 3.8) is 0 Å². The number of hydrogen-bond donors (Lipinski definition) is 1. The average molecular weight is 262 g/mol. The number of unbranched alkanes of at least 4 members (excludes halogenated alkanes) is 1. The maximum absolute atomic E-state index is 12.2. The first-order chi connectivity index (χ1) is 9.10. The normalized spacial score (nSPS) is 12.1. The van der Waals surface area contributed by atoms with E-state index in [0.717, 1.165) is 25.7 Å². The Morgan fingerprint density at radius 3 is 2.32 bits per heavy atom.